The molecule has 0 spiro atoms. The SMILES string of the molecule is COc1ccc(Cn2cc(C=O)c(OS(=O)(=O)c3ccc(C)cc3)cc2=O)c(OC)c1. The number of hydrogen-bond donors (Lipinski definition) is 0. The first-order valence-electron chi connectivity index (χ1n) is 9.19. The summed E-state index contributed by atoms with van der Waals surface area (Å²) in [6.45, 7) is 1.91. The van der Waals surface area contributed by atoms with Gasteiger partial charge in [-0.05, 0) is 31.2 Å². The number of ether oxygens (including phenoxy) is 2. The van der Waals surface area contributed by atoms with Crippen molar-refractivity contribution in [2.24, 2.45) is 0 Å². The lowest BCUT2D eigenvalue weighted by atomic mass is 10.1. The Kier molecular flexibility index (Phi) is 6.45. The Morgan fingerprint density at radius 1 is 0.968 bits per heavy atom. The maximum atomic E-state index is 12.6. The van der Waals surface area contributed by atoms with Crippen LogP contribution in [0.1, 0.15) is 21.5 Å². The summed E-state index contributed by atoms with van der Waals surface area (Å²) in [7, 11) is -1.19. The number of pyridine rings is 1. The largest absolute Gasteiger partial charge is 0.497 e. The van der Waals surface area contributed by atoms with Crippen LogP contribution in [0.4, 0.5) is 0 Å². The van der Waals surface area contributed by atoms with Crippen molar-refractivity contribution in [1.82, 2.24) is 4.57 Å². The Hall–Kier alpha value is -3.59. The van der Waals surface area contributed by atoms with Crippen LogP contribution in [0.5, 0.6) is 17.2 Å². The molecule has 0 aliphatic heterocycles. The van der Waals surface area contributed by atoms with Gasteiger partial charge in [0.15, 0.2) is 12.0 Å². The molecule has 2 aromatic carbocycles. The van der Waals surface area contributed by atoms with E-state index in [1.807, 2.05) is 6.92 Å². The first kappa shape index (κ1) is 22.1. The van der Waals surface area contributed by atoms with Crippen molar-refractivity contribution in [2.45, 2.75) is 18.4 Å². The van der Waals surface area contributed by atoms with Crippen LogP contribution in [0.2, 0.25) is 0 Å². The molecule has 0 aliphatic rings. The van der Waals surface area contributed by atoms with E-state index in [0.29, 0.717) is 23.3 Å². The summed E-state index contributed by atoms with van der Waals surface area (Å²) in [4.78, 5) is 24.1. The monoisotopic (exact) mass is 443 g/mol. The molecule has 1 aromatic heterocycles. The van der Waals surface area contributed by atoms with E-state index in [4.69, 9.17) is 13.7 Å². The molecule has 3 rings (SSSR count). The van der Waals surface area contributed by atoms with Crippen LogP contribution in [0.3, 0.4) is 0 Å². The topological polar surface area (TPSA) is 101 Å². The Balaban J connectivity index is 1.95. The zero-order valence-electron chi connectivity index (χ0n) is 17.2. The number of benzene rings is 2. The average Bonchev–Trinajstić information content (AvgIpc) is 2.75. The van der Waals surface area contributed by atoms with Crippen molar-refractivity contribution in [3.8, 4) is 17.2 Å². The Morgan fingerprint density at radius 2 is 1.68 bits per heavy atom. The number of carbonyl (C=O) groups excluding carboxylic acids is 1. The van der Waals surface area contributed by atoms with Gasteiger partial charge < -0.3 is 18.2 Å². The molecule has 9 heteroatoms. The normalized spacial score (nSPS) is 11.1. The number of methoxy groups -OCH3 is 2. The molecule has 0 atom stereocenters. The molecule has 0 saturated carbocycles. The van der Waals surface area contributed by atoms with E-state index in [2.05, 4.69) is 0 Å². The summed E-state index contributed by atoms with van der Waals surface area (Å²) in [6.07, 6.45) is 1.68. The van der Waals surface area contributed by atoms with E-state index in [9.17, 15) is 18.0 Å². The van der Waals surface area contributed by atoms with Gasteiger partial charge >= 0.3 is 10.1 Å². The van der Waals surface area contributed by atoms with Crippen molar-refractivity contribution >= 4 is 16.4 Å². The van der Waals surface area contributed by atoms with Gasteiger partial charge in [-0.15, -0.1) is 0 Å². The van der Waals surface area contributed by atoms with Gasteiger partial charge in [0, 0.05) is 23.9 Å². The molecule has 8 nitrogen and oxygen atoms in total. The first-order chi connectivity index (χ1) is 14.8. The summed E-state index contributed by atoms with van der Waals surface area (Å²) in [5.41, 5.74) is 0.924. The summed E-state index contributed by atoms with van der Waals surface area (Å²) >= 11 is 0. The van der Waals surface area contributed by atoms with Gasteiger partial charge in [0.25, 0.3) is 5.56 Å². The number of aldehydes is 1. The van der Waals surface area contributed by atoms with Crippen molar-refractivity contribution < 1.29 is 26.9 Å². The minimum atomic E-state index is -4.21. The number of carbonyl (C=O) groups is 1. The second kappa shape index (κ2) is 9.05. The highest BCUT2D eigenvalue weighted by Crippen LogP contribution is 2.26. The number of aromatic nitrogens is 1. The van der Waals surface area contributed by atoms with Gasteiger partial charge in [0.05, 0.1) is 26.3 Å². The Morgan fingerprint density at radius 3 is 2.29 bits per heavy atom. The second-order valence-electron chi connectivity index (χ2n) is 6.71. The zero-order valence-corrected chi connectivity index (χ0v) is 18.0. The van der Waals surface area contributed by atoms with Crippen LogP contribution in [0.25, 0.3) is 0 Å². The van der Waals surface area contributed by atoms with Crippen LogP contribution in [-0.2, 0) is 16.7 Å². The quantitative estimate of drug-likeness (QED) is 0.390. The van der Waals surface area contributed by atoms with Gasteiger partial charge in [-0.3, -0.25) is 9.59 Å². The molecule has 0 fully saturated rings. The van der Waals surface area contributed by atoms with Crippen molar-refractivity contribution in [3.05, 3.63) is 81.8 Å². The molecule has 31 heavy (non-hydrogen) atoms. The third-order valence-corrected chi connectivity index (χ3v) is 5.84. The van der Waals surface area contributed by atoms with E-state index in [-0.39, 0.29) is 22.8 Å². The van der Waals surface area contributed by atoms with Gasteiger partial charge in [0.2, 0.25) is 0 Å². The summed E-state index contributed by atoms with van der Waals surface area (Å²) in [6, 6.07) is 12.1. The van der Waals surface area contributed by atoms with Crippen LogP contribution in [0.15, 0.2) is 64.4 Å². The first-order valence-corrected chi connectivity index (χ1v) is 10.6. The van der Waals surface area contributed by atoms with Crippen LogP contribution in [0, 0.1) is 6.92 Å². The highest BCUT2D eigenvalue weighted by molar-refractivity contribution is 7.87. The van der Waals surface area contributed by atoms with Gasteiger partial charge in [-0.1, -0.05) is 17.7 Å². The third kappa shape index (κ3) is 4.95. The van der Waals surface area contributed by atoms with Crippen LogP contribution < -0.4 is 19.2 Å². The van der Waals surface area contributed by atoms with E-state index in [0.717, 1.165) is 11.6 Å². The Bertz CT molecular complexity index is 1260. The Labute approximate surface area is 179 Å². The summed E-state index contributed by atoms with van der Waals surface area (Å²) in [5, 5.41) is 0. The lowest BCUT2D eigenvalue weighted by molar-refractivity contribution is 0.112. The fourth-order valence-electron chi connectivity index (χ4n) is 2.90. The second-order valence-corrected chi connectivity index (χ2v) is 8.25. The van der Waals surface area contributed by atoms with Crippen LogP contribution in [-0.4, -0.2) is 33.5 Å². The zero-order chi connectivity index (χ0) is 22.6. The van der Waals surface area contributed by atoms with E-state index in [1.54, 1.807) is 30.3 Å². The molecule has 0 bridgehead atoms. The number of aryl methyl sites for hydroxylation is 1. The molecule has 0 saturated heterocycles. The fraction of sp³-hybridized carbons (Fsp3) is 0.182. The number of hydrogen-bond acceptors (Lipinski definition) is 7. The molecule has 0 aliphatic carbocycles. The maximum Gasteiger partial charge on any atom is 0.339 e. The van der Waals surface area contributed by atoms with Crippen LogP contribution >= 0.6 is 0 Å². The van der Waals surface area contributed by atoms with Gasteiger partial charge in [-0.25, -0.2) is 0 Å². The standard InChI is InChI=1S/C22H21NO7S/c1-15-4-8-19(9-5-15)31(26,27)30-21-11-22(25)23(13-17(21)14-24)12-16-6-7-18(28-2)10-20(16)29-3/h4-11,13-14H,12H2,1-3H3. The highest BCUT2D eigenvalue weighted by Gasteiger charge is 2.20. The van der Waals surface area contributed by atoms with Crippen molar-refractivity contribution in [2.75, 3.05) is 14.2 Å². The molecular weight excluding hydrogens is 422 g/mol. The van der Waals surface area contributed by atoms with E-state index in [1.165, 1.54) is 37.1 Å². The molecule has 162 valence electrons. The molecule has 1 heterocycles. The fourth-order valence-corrected chi connectivity index (χ4v) is 3.84. The minimum absolute atomic E-state index is 0.0808. The lowest BCUT2D eigenvalue weighted by Gasteiger charge is -2.14. The van der Waals surface area contributed by atoms with E-state index >= 15 is 0 Å². The van der Waals surface area contributed by atoms with Gasteiger partial charge in [-0.2, -0.15) is 8.42 Å². The molecule has 0 N–H and O–H groups in total. The van der Waals surface area contributed by atoms with Crippen molar-refractivity contribution in [1.29, 1.82) is 0 Å². The minimum Gasteiger partial charge on any atom is -0.497 e. The summed E-state index contributed by atoms with van der Waals surface area (Å²) < 4.78 is 41.9. The lowest BCUT2D eigenvalue weighted by Crippen LogP contribution is -2.22. The molecule has 0 radical (unpaired) electrons. The molecule has 0 amide bonds. The number of rotatable bonds is 8. The van der Waals surface area contributed by atoms with E-state index < -0.39 is 15.7 Å². The predicted molar refractivity (Wildman–Crippen MR) is 114 cm³/mol. The maximum absolute atomic E-state index is 12.6. The highest BCUT2D eigenvalue weighted by atomic mass is 32.2. The average molecular weight is 443 g/mol. The molecule has 3 aromatic rings. The third-order valence-electron chi connectivity index (χ3n) is 4.59. The van der Waals surface area contributed by atoms with Crippen molar-refractivity contribution in [3.63, 3.8) is 0 Å². The predicted octanol–water partition coefficient (Wildman–Crippen LogP) is 2.80. The summed E-state index contributed by atoms with van der Waals surface area (Å²) in [5.74, 6) is 0.756. The smallest absolute Gasteiger partial charge is 0.339 e. The molecular formula is C22H21NO7S. The number of nitrogens with zero attached hydrogens (tertiary/aromatic N) is 1. The van der Waals surface area contributed by atoms with Gasteiger partial charge in [0.1, 0.15) is 16.4 Å². The molecule has 0 unspecified atom stereocenters.